The fraction of sp³-hybridized carbons (Fsp3) is 0.0769. The number of nitrogen functional groups attached to an aromatic ring is 1. The summed E-state index contributed by atoms with van der Waals surface area (Å²) in [4.78, 5) is 10.5. The van der Waals surface area contributed by atoms with Crippen molar-refractivity contribution in [1.82, 2.24) is 0 Å². The van der Waals surface area contributed by atoms with Crippen molar-refractivity contribution in [2.75, 3.05) is 5.73 Å². The van der Waals surface area contributed by atoms with Crippen LogP contribution in [0.1, 0.15) is 5.56 Å². The van der Waals surface area contributed by atoms with Crippen molar-refractivity contribution >= 4 is 11.4 Å². The molecule has 86 valence electrons. The number of hydrogen-bond donors (Lipinski definition) is 1. The third kappa shape index (κ3) is 2.10. The molecule has 0 atom stereocenters. The molecule has 2 rings (SSSR count). The molecule has 4 heteroatoms. The van der Waals surface area contributed by atoms with E-state index in [9.17, 15) is 10.1 Å². The van der Waals surface area contributed by atoms with Crippen molar-refractivity contribution in [3.8, 4) is 11.1 Å². The maximum atomic E-state index is 10.9. The molecule has 17 heavy (non-hydrogen) atoms. The molecule has 0 saturated heterocycles. The first-order valence-corrected chi connectivity index (χ1v) is 5.19. The second-order valence-electron chi connectivity index (χ2n) is 3.85. The number of nitrogens with two attached hydrogens (primary N) is 1. The fourth-order valence-electron chi connectivity index (χ4n) is 1.68. The van der Waals surface area contributed by atoms with Crippen LogP contribution in [0.25, 0.3) is 11.1 Å². The van der Waals surface area contributed by atoms with E-state index in [-0.39, 0.29) is 10.6 Å². The van der Waals surface area contributed by atoms with Gasteiger partial charge in [0.05, 0.1) is 10.5 Å². The van der Waals surface area contributed by atoms with E-state index in [1.54, 1.807) is 24.3 Å². The van der Waals surface area contributed by atoms with E-state index >= 15 is 0 Å². The Morgan fingerprint density at radius 1 is 1.18 bits per heavy atom. The van der Waals surface area contributed by atoms with E-state index in [1.165, 1.54) is 6.07 Å². The van der Waals surface area contributed by atoms with Crippen LogP contribution in [0.15, 0.2) is 42.5 Å². The Morgan fingerprint density at radius 3 is 2.53 bits per heavy atom. The van der Waals surface area contributed by atoms with Crippen molar-refractivity contribution in [3.63, 3.8) is 0 Å². The van der Waals surface area contributed by atoms with Gasteiger partial charge in [-0.15, -0.1) is 0 Å². The largest absolute Gasteiger partial charge is 0.398 e. The number of benzene rings is 2. The first-order chi connectivity index (χ1) is 8.09. The Labute approximate surface area is 98.8 Å². The predicted molar refractivity (Wildman–Crippen MR) is 67.7 cm³/mol. The smallest absolute Gasteiger partial charge is 0.277 e. The number of nitro groups is 1. The summed E-state index contributed by atoms with van der Waals surface area (Å²) in [5, 5.41) is 10.9. The molecule has 0 spiro atoms. The van der Waals surface area contributed by atoms with E-state index in [0.717, 1.165) is 11.1 Å². The zero-order valence-electron chi connectivity index (χ0n) is 9.38. The summed E-state index contributed by atoms with van der Waals surface area (Å²) in [6.07, 6.45) is 0. The maximum Gasteiger partial charge on any atom is 0.277 e. The van der Waals surface area contributed by atoms with Gasteiger partial charge in [-0.05, 0) is 30.2 Å². The monoisotopic (exact) mass is 228 g/mol. The number of rotatable bonds is 2. The van der Waals surface area contributed by atoms with Gasteiger partial charge in [-0.1, -0.05) is 24.3 Å². The summed E-state index contributed by atoms with van der Waals surface area (Å²) in [5.74, 6) is 0. The molecule has 2 aromatic rings. The van der Waals surface area contributed by atoms with Crippen molar-refractivity contribution in [3.05, 3.63) is 58.1 Å². The van der Waals surface area contributed by atoms with E-state index in [2.05, 4.69) is 0 Å². The average Bonchev–Trinajstić information content (AvgIpc) is 2.32. The Balaban J connectivity index is 2.60. The van der Waals surface area contributed by atoms with Gasteiger partial charge in [0, 0.05) is 11.8 Å². The van der Waals surface area contributed by atoms with E-state index in [0.29, 0.717) is 11.3 Å². The lowest BCUT2D eigenvalue weighted by Gasteiger charge is -2.05. The first kappa shape index (κ1) is 11.1. The van der Waals surface area contributed by atoms with Crippen molar-refractivity contribution in [1.29, 1.82) is 0 Å². The molecule has 2 N–H and O–H groups in total. The van der Waals surface area contributed by atoms with Crippen molar-refractivity contribution in [2.24, 2.45) is 0 Å². The Morgan fingerprint density at radius 2 is 1.88 bits per heavy atom. The van der Waals surface area contributed by atoms with Crippen LogP contribution < -0.4 is 5.73 Å². The molecule has 0 aliphatic heterocycles. The van der Waals surface area contributed by atoms with Gasteiger partial charge in [-0.25, -0.2) is 0 Å². The summed E-state index contributed by atoms with van der Waals surface area (Å²) in [6, 6.07) is 12.1. The zero-order valence-corrected chi connectivity index (χ0v) is 9.38. The summed E-state index contributed by atoms with van der Waals surface area (Å²) >= 11 is 0. The minimum absolute atomic E-state index is 0.0933. The van der Waals surface area contributed by atoms with Crippen LogP contribution in [0, 0.1) is 17.0 Å². The highest BCUT2D eigenvalue weighted by Crippen LogP contribution is 2.31. The van der Waals surface area contributed by atoms with Gasteiger partial charge in [0.15, 0.2) is 0 Å². The molecule has 0 fully saturated rings. The molecular weight excluding hydrogens is 216 g/mol. The topological polar surface area (TPSA) is 69.2 Å². The van der Waals surface area contributed by atoms with E-state index in [1.807, 2.05) is 19.1 Å². The molecule has 0 amide bonds. The summed E-state index contributed by atoms with van der Waals surface area (Å²) in [6.45, 7) is 1.90. The van der Waals surface area contributed by atoms with Gasteiger partial charge in [0.25, 0.3) is 5.69 Å². The number of nitro benzene ring substituents is 1. The first-order valence-electron chi connectivity index (χ1n) is 5.19. The maximum absolute atomic E-state index is 10.9. The molecular formula is C13H12N2O2. The lowest BCUT2D eigenvalue weighted by molar-refractivity contribution is -0.384. The lowest BCUT2D eigenvalue weighted by atomic mass is 10.0. The van der Waals surface area contributed by atoms with Crippen LogP contribution in [0.3, 0.4) is 0 Å². The van der Waals surface area contributed by atoms with Gasteiger partial charge in [-0.2, -0.15) is 0 Å². The number of nitrogens with zero attached hydrogens (tertiary/aromatic N) is 1. The molecule has 0 aliphatic rings. The highest BCUT2D eigenvalue weighted by atomic mass is 16.6. The highest BCUT2D eigenvalue weighted by Gasteiger charge is 2.14. The molecule has 0 radical (unpaired) electrons. The molecule has 0 aromatic heterocycles. The normalized spacial score (nSPS) is 10.2. The average molecular weight is 228 g/mol. The lowest BCUT2D eigenvalue weighted by Crippen LogP contribution is -1.93. The second-order valence-corrected chi connectivity index (χ2v) is 3.85. The molecule has 0 unspecified atom stereocenters. The van der Waals surface area contributed by atoms with Crippen molar-refractivity contribution in [2.45, 2.75) is 6.92 Å². The molecule has 2 aromatic carbocycles. The van der Waals surface area contributed by atoms with Gasteiger partial charge >= 0.3 is 0 Å². The summed E-state index contributed by atoms with van der Waals surface area (Å²) < 4.78 is 0. The summed E-state index contributed by atoms with van der Waals surface area (Å²) in [7, 11) is 0. The molecule has 0 bridgehead atoms. The number of hydrogen-bond acceptors (Lipinski definition) is 3. The third-order valence-corrected chi connectivity index (χ3v) is 2.69. The van der Waals surface area contributed by atoms with E-state index in [4.69, 9.17) is 5.73 Å². The molecule has 0 saturated carbocycles. The zero-order chi connectivity index (χ0) is 12.4. The Hall–Kier alpha value is -2.36. The SMILES string of the molecule is Cc1ccc(-c2ccccc2[N+](=O)[O-])cc1N. The van der Waals surface area contributed by atoms with Crippen LogP contribution in [0.4, 0.5) is 11.4 Å². The molecule has 0 heterocycles. The van der Waals surface area contributed by atoms with Crippen LogP contribution in [0.2, 0.25) is 0 Å². The summed E-state index contributed by atoms with van der Waals surface area (Å²) in [5.41, 5.74) is 8.86. The molecule has 0 aliphatic carbocycles. The predicted octanol–water partition coefficient (Wildman–Crippen LogP) is 3.15. The molecule has 4 nitrogen and oxygen atoms in total. The third-order valence-electron chi connectivity index (χ3n) is 2.69. The van der Waals surface area contributed by atoms with Gasteiger partial charge in [0.2, 0.25) is 0 Å². The number of para-hydroxylation sites is 1. The number of anilines is 1. The minimum Gasteiger partial charge on any atom is -0.398 e. The van der Waals surface area contributed by atoms with Crippen molar-refractivity contribution < 1.29 is 4.92 Å². The Bertz CT molecular complexity index is 579. The van der Waals surface area contributed by atoms with Gasteiger partial charge < -0.3 is 5.73 Å². The van der Waals surface area contributed by atoms with E-state index < -0.39 is 0 Å². The highest BCUT2D eigenvalue weighted by molar-refractivity contribution is 5.76. The fourth-order valence-corrected chi connectivity index (χ4v) is 1.68. The van der Waals surface area contributed by atoms with Gasteiger partial charge in [0.1, 0.15) is 0 Å². The number of aryl methyl sites for hydroxylation is 1. The second kappa shape index (κ2) is 4.25. The Kier molecular flexibility index (Phi) is 2.78. The van der Waals surface area contributed by atoms with Crippen LogP contribution in [-0.4, -0.2) is 4.92 Å². The van der Waals surface area contributed by atoms with Crippen LogP contribution in [-0.2, 0) is 0 Å². The van der Waals surface area contributed by atoms with Crippen LogP contribution in [0.5, 0.6) is 0 Å². The standard InChI is InChI=1S/C13H12N2O2/c1-9-6-7-10(8-12(9)14)11-4-2-3-5-13(11)15(16)17/h2-8H,14H2,1H3. The quantitative estimate of drug-likeness (QED) is 0.487. The van der Waals surface area contributed by atoms with Crippen LogP contribution >= 0.6 is 0 Å². The van der Waals surface area contributed by atoms with Gasteiger partial charge in [-0.3, -0.25) is 10.1 Å². The minimum atomic E-state index is -0.384.